The van der Waals surface area contributed by atoms with E-state index in [4.69, 9.17) is 13.9 Å². The van der Waals surface area contributed by atoms with Crippen molar-refractivity contribution in [2.75, 3.05) is 7.11 Å². The van der Waals surface area contributed by atoms with Gasteiger partial charge in [-0.15, -0.1) is 0 Å². The molecule has 2 amide bonds. The van der Waals surface area contributed by atoms with Crippen molar-refractivity contribution in [2.24, 2.45) is 5.92 Å². The van der Waals surface area contributed by atoms with Crippen LogP contribution in [0.5, 0.6) is 5.75 Å². The van der Waals surface area contributed by atoms with Crippen molar-refractivity contribution in [1.29, 1.82) is 0 Å². The van der Waals surface area contributed by atoms with E-state index < -0.39 is 18.2 Å². The van der Waals surface area contributed by atoms with E-state index in [1.165, 1.54) is 0 Å². The highest BCUT2D eigenvalue weighted by Gasteiger charge is 2.27. The number of methoxy groups -OCH3 is 1. The zero-order valence-electron chi connectivity index (χ0n) is 18.2. The molecule has 2 atom stereocenters. The molecular formula is C24H28N2O5. The molecule has 7 nitrogen and oxygen atoms in total. The maximum absolute atomic E-state index is 12.9. The number of furan rings is 1. The van der Waals surface area contributed by atoms with Crippen molar-refractivity contribution in [2.45, 2.75) is 39.5 Å². The number of carbonyl (C=O) groups is 2. The number of nitrogens with one attached hydrogen (secondary N) is 2. The third kappa shape index (κ3) is 5.57. The number of alkyl carbamates (subject to hydrolysis) is 1. The molecule has 2 N–H and O–H groups in total. The summed E-state index contributed by atoms with van der Waals surface area (Å²) in [6.07, 6.45) is -0.640. The summed E-state index contributed by atoms with van der Waals surface area (Å²) >= 11 is 0. The number of ether oxygens (including phenoxy) is 2. The van der Waals surface area contributed by atoms with Crippen LogP contribution >= 0.6 is 0 Å². The Balaban J connectivity index is 1.62. The van der Waals surface area contributed by atoms with Crippen molar-refractivity contribution in [3.8, 4) is 5.75 Å². The van der Waals surface area contributed by atoms with E-state index >= 15 is 0 Å². The van der Waals surface area contributed by atoms with Gasteiger partial charge >= 0.3 is 6.09 Å². The molecule has 0 aliphatic heterocycles. The summed E-state index contributed by atoms with van der Waals surface area (Å²) in [5.41, 5.74) is 1.50. The third-order valence-corrected chi connectivity index (χ3v) is 4.97. The summed E-state index contributed by atoms with van der Waals surface area (Å²) in [5, 5.41) is 6.46. The Hall–Kier alpha value is -3.48. The number of benzene rings is 2. The Morgan fingerprint density at radius 3 is 2.42 bits per heavy atom. The maximum Gasteiger partial charge on any atom is 0.408 e. The fourth-order valence-corrected chi connectivity index (χ4v) is 3.23. The second-order valence-electron chi connectivity index (χ2n) is 7.69. The first-order valence-electron chi connectivity index (χ1n) is 10.2. The van der Waals surface area contributed by atoms with Crippen molar-refractivity contribution < 1.29 is 23.5 Å². The summed E-state index contributed by atoms with van der Waals surface area (Å²) in [6, 6.07) is 15.7. The lowest BCUT2D eigenvalue weighted by Crippen LogP contribution is -2.50. The van der Waals surface area contributed by atoms with Gasteiger partial charge in [-0.3, -0.25) is 4.79 Å². The minimum Gasteiger partial charge on any atom is -0.493 e. The van der Waals surface area contributed by atoms with Crippen molar-refractivity contribution in [3.05, 3.63) is 65.9 Å². The molecule has 1 heterocycles. The fraction of sp³-hybridized carbons (Fsp3) is 0.333. The summed E-state index contributed by atoms with van der Waals surface area (Å²) in [7, 11) is 1.58. The van der Waals surface area contributed by atoms with Crippen LogP contribution in [0.3, 0.4) is 0 Å². The molecule has 2 aromatic carbocycles. The highest BCUT2D eigenvalue weighted by Crippen LogP contribution is 2.30. The monoisotopic (exact) mass is 424 g/mol. The van der Waals surface area contributed by atoms with E-state index in [1.54, 1.807) is 7.11 Å². The quantitative estimate of drug-likeness (QED) is 0.553. The second-order valence-corrected chi connectivity index (χ2v) is 7.69. The first-order valence-corrected chi connectivity index (χ1v) is 10.2. The number of carbonyl (C=O) groups excluding carboxylic acids is 2. The van der Waals surface area contributed by atoms with Crippen LogP contribution in [-0.4, -0.2) is 25.2 Å². The zero-order chi connectivity index (χ0) is 22.4. The summed E-state index contributed by atoms with van der Waals surface area (Å²) in [5.74, 6) is 0.783. The first-order chi connectivity index (χ1) is 14.9. The van der Waals surface area contributed by atoms with Crippen LogP contribution in [0.15, 0.2) is 59.0 Å². The Morgan fingerprint density at radius 2 is 1.74 bits per heavy atom. The smallest absolute Gasteiger partial charge is 0.408 e. The molecule has 0 fully saturated rings. The van der Waals surface area contributed by atoms with Gasteiger partial charge in [0.2, 0.25) is 5.91 Å². The maximum atomic E-state index is 12.9. The number of amides is 2. The molecule has 0 aliphatic carbocycles. The van der Waals surface area contributed by atoms with Gasteiger partial charge in [0.25, 0.3) is 0 Å². The van der Waals surface area contributed by atoms with Crippen LogP contribution < -0.4 is 15.4 Å². The first kappa shape index (κ1) is 22.2. The molecule has 3 aromatic rings. The average Bonchev–Trinajstić information content (AvgIpc) is 3.21. The van der Waals surface area contributed by atoms with Gasteiger partial charge in [0.15, 0.2) is 11.3 Å². The van der Waals surface area contributed by atoms with E-state index in [1.807, 2.05) is 75.4 Å². The average molecular weight is 424 g/mol. The highest BCUT2D eigenvalue weighted by molar-refractivity contribution is 5.87. The number of para-hydroxylation sites is 1. The number of rotatable bonds is 8. The van der Waals surface area contributed by atoms with Crippen LogP contribution in [0.2, 0.25) is 0 Å². The summed E-state index contributed by atoms with van der Waals surface area (Å²) < 4.78 is 16.5. The predicted octanol–water partition coefficient (Wildman–Crippen LogP) is 4.57. The van der Waals surface area contributed by atoms with E-state index in [9.17, 15) is 9.59 Å². The Bertz CT molecular complexity index is 1030. The van der Waals surface area contributed by atoms with E-state index in [0.717, 1.165) is 10.9 Å². The molecular weight excluding hydrogens is 396 g/mol. The Labute approximate surface area is 181 Å². The van der Waals surface area contributed by atoms with Gasteiger partial charge in [-0.25, -0.2) is 4.79 Å². The topological polar surface area (TPSA) is 89.8 Å². The standard InChI is InChI=1S/C24H28N2O5/c1-15(2)21(26-24(28)30-14-17-9-6-5-7-10-17)23(27)25-16(3)20-13-18-11-8-12-19(29-4)22(18)31-20/h5-13,15-16,21H,14H2,1-4H3,(H,25,27)(H,26,28)/t16?,21-/m0/s1. The molecule has 0 saturated heterocycles. The van der Waals surface area contributed by atoms with Crippen LogP contribution in [0.1, 0.15) is 38.1 Å². The largest absolute Gasteiger partial charge is 0.493 e. The van der Waals surface area contributed by atoms with E-state index in [0.29, 0.717) is 17.1 Å². The molecule has 31 heavy (non-hydrogen) atoms. The van der Waals surface area contributed by atoms with E-state index in [-0.39, 0.29) is 18.4 Å². The van der Waals surface area contributed by atoms with Gasteiger partial charge < -0.3 is 24.5 Å². The molecule has 0 spiro atoms. The molecule has 0 saturated carbocycles. The van der Waals surface area contributed by atoms with Gasteiger partial charge in [-0.05, 0) is 30.5 Å². The lowest BCUT2D eigenvalue weighted by atomic mass is 10.0. The van der Waals surface area contributed by atoms with Crippen molar-refractivity contribution in [3.63, 3.8) is 0 Å². The zero-order valence-corrected chi connectivity index (χ0v) is 18.2. The highest BCUT2D eigenvalue weighted by atomic mass is 16.5. The Morgan fingerprint density at radius 1 is 1.00 bits per heavy atom. The van der Waals surface area contributed by atoms with Crippen LogP contribution in [0.25, 0.3) is 11.0 Å². The molecule has 164 valence electrons. The van der Waals surface area contributed by atoms with Gasteiger partial charge in [0.05, 0.1) is 13.2 Å². The number of fused-ring (bicyclic) bond motifs is 1. The van der Waals surface area contributed by atoms with Gasteiger partial charge in [-0.2, -0.15) is 0 Å². The summed E-state index contributed by atoms with van der Waals surface area (Å²) in [4.78, 5) is 25.1. The van der Waals surface area contributed by atoms with E-state index in [2.05, 4.69) is 10.6 Å². The molecule has 0 radical (unpaired) electrons. The minimum atomic E-state index is -0.746. The minimum absolute atomic E-state index is 0.132. The van der Waals surface area contributed by atoms with Crippen LogP contribution in [-0.2, 0) is 16.1 Å². The molecule has 0 bridgehead atoms. The van der Waals surface area contributed by atoms with Crippen molar-refractivity contribution >= 4 is 23.0 Å². The van der Waals surface area contributed by atoms with Crippen molar-refractivity contribution in [1.82, 2.24) is 10.6 Å². The second kappa shape index (κ2) is 10.0. The lowest BCUT2D eigenvalue weighted by Gasteiger charge is -2.23. The third-order valence-electron chi connectivity index (χ3n) is 4.97. The molecule has 3 rings (SSSR count). The predicted molar refractivity (Wildman–Crippen MR) is 118 cm³/mol. The van der Waals surface area contributed by atoms with Gasteiger partial charge in [0, 0.05) is 5.39 Å². The normalized spacial score (nSPS) is 12.9. The van der Waals surface area contributed by atoms with Crippen LogP contribution in [0.4, 0.5) is 4.79 Å². The Kier molecular flexibility index (Phi) is 7.18. The fourth-order valence-electron chi connectivity index (χ4n) is 3.23. The molecule has 1 unspecified atom stereocenters. The molecule has 1 aromatic heterocycles. The SMILES string of the molecule is COc1cccc2cc(C(C)NC(=O)[C@@H](NC(=O)OCc3ccccc3)C(C)C)oc12. The molecule has 7 heteroatoms. The van der Waals surface area contributed by atoms with Gasteiger partial charge in [-0.1, -0.05) is 56.3 Å². The van der Waals surface area contributed by atoms with Crippen LogP contribution in [0, 0.1) is 5.92 Å². The molecule has 0 aliphatic rings. The van der Waals surface area contributed by atoms with Gasteiger partial charge in [0.1, 0.15) is 18.4 Å². The summed E-state index contributed by atoms with van der Waals surface area (Å²) in [6.45, 7) is 5.68. The lowest BCUT2D eigenvalue weighted by molar-refractivity contribution is -0.124. The number of hydrogen-bond acceptors (Lipinski definition) is 5. The number of hydrogen-bond donors (Lipinski definition) is 2.